The Bertz CT molecular complexity index is 485. The van der Waals surface area contributed by atoms with Gasteiger partial charge in [0, 0.05) is 19.0 Å². The Morgan fingerprint density at radius 3 is 2.80 bits per heavy atom. The summed E-state index contributed by atoms with van der Waals surface area (Å²) in [5, 5.41) is 11.9. The highest BCUT2D eigenvalue weighted by Crippen LogP contribution is 2.17. The zero-order valence-electron chi connectivity index (χ0n) is 12.1. The van der Waals surface area contributed by atoms with Crippen molar-refractivity contribution in [2.75, 3.05) is 11.9 Å². The smallest absolute Gasteiger partial charge is 0.303 e. The molecule has 0 bridgehead atoms. The number of aliphatic carboxylic acids is 1. The second-order valence-electron chi connectivity index (χ2n) is 5.02. The lowest BCUT2D eigenvalue weighted by Gasteiger charge is -2.15. The maximum absolute atomic E-state index is 11.3. The van der Waals surface area contributed by atoms with Crippen molar-refractivity contribution in [2.24, 2.45) is 5.92 Å². The van der Waals surface area contributed by atoms with Crippen LogP contribution in [0.3, 0.4) is 0 Å². The Balaban J connectivity index is 2.42. The maximum atomic E-state index is 11.3. The fraction of sp³-hybridized carbons (Fsp3) is 0.643. The highest BCUT2D eigenvalue weighted by molar-refractivity contribution is 5.66. The monoisotopic (exact) mass is 281 g/mol. The van der Waals surface area contributed by atoms with Crippen LogP contribution in [0.1, 0.15) is 44.9 Å². The fourth-order valence-corrected chi connectivity index (χ4v) is 2.24. The fourth-order valence-electron chi connectivity index (χ4n) is 2.24. The number of carboxylic acid groups (broad SMARTS) is 1. The number of rotatable bonds is 9. The van der Waals surface area contributed by atoms with Gasteiger partial charge in [0.25, 0.3) is 5.56 Å². The molecule has 0 saturated heterocycles. The lowest BCUT2D eigenvalue weighted by molar-refractivity contribution is -0.137. The molecule has 0 aliphatic rings. The van der Waals surface area contributed by atoms with Crippen LogP contribution >= 0.6 is 0 Å². The predicted molar refractivity (Wildman–Crippen MR) is 78.0 cm³/mol. The molecule has 0 spiro atoms. The molecule has 1 aromatic rings. The normalized spacial score (nSPS) is 12.1. The van der Waals surface area contributed by atoms with E-state index in [1.165, 1.54) is 6.07 Å². The number of aromatic amines is 1. The molecule has 0 saturated carbocycles. The number of aryl methyl sites for hydroxylation is 1. The molecule has 0 aromatic carbocycles. The third-order valence-electron chi connectivity index (χ3n) is 3.18. The van der Waals surface area contributed by atoms with Gasteiger partial charge in [0.05, 0.1) is 0 Å². The van der Waals surface area contributed by atoms with Crippen molar-refractivity contribution >= 4 is 11.8 Å². The maximum Gasteiger partial charge on any atom is 0.303 e. The van der Waals surface area contributed by atoms with E-state index in [1.54, 1.807) is 6.92 Å². The molecule has 0 aliphatic heterocycles. The first-order chi connectivity index (χ1) is 9.51. The van der Waals surface area contributed by atoms with Crippen molar-refractivity contribution < 1.29 is 9.90 Å². The number of hydrogen-bond donors (Lipinski definition) is 3. The van der Waals surface area contributed by atoms with E-state index in [9.17, 15) is 9.59 Å². The van der Waals surface area contributed by atoms with Crippen LogP contribution in [-0.2, 0) is 4.79 Å². The highest BCUT2D eigenvalue weighted by Gasteiger charge is 2.10. The summed E-state index contributed by atoms with van der Waals surface area (Å²) in [7, 11) is 0. The van der Waals surface area contributed by atoms with Crippen LogP contribution in [0.15, 0.2) is 10.9 Å². The summed E-state index contributed by atoms with van der Waals surface area (Å²) in [6.07, 6.45) is 3.87. The topological polar surface area (TPSA) is 95.1 Å². The van der Waals surface area contributed by atoms with Crippen LogP contribution in [-0.4, -0.2) is 27.6 Å². The molecule has 0 aliphatic carbocycles. The average Bonchev–Trinajstić information content (AvgIpc) is 2.34. The molecule has 0 amide bonds. The van der Waals surface area contributed by atoms with Crippen molar-refractivity contribution in [3.63, 3.8) is 0 Å². The van der Waals surface area contributed by atoms with Crippen molar-refractivity contribution in [3.8, 4) is 0 Å². The molecule has 20 heavy (non-hydrogen) atoms. The second kappa shape index (κ2) is 8.35. The predicted octanol–water partition coefficient (Wildman–Crippen LogP) is 2.16. The van der Waals surface area contributed by atoms with E-state index in [2.05, 4.69) is 22.2 Å². The Morgan fingerprint density at radius 1 is 1.45 bits per heavy atom. The summed E-state index contributed by atoms with van der Waals surface area (Å²) in [6, 6.07) is 1.43. The molecule has 6 heteroatoms. The first-order valence-electron chi connectivity index (χ1n) is 7.05. The van der Waals surface area contributed by atoms with Gasteiger partial charge in [-0.25, -0.2) is 4.98 Å². The lowest BCUT2D eigenvalue weighted by atomic mass is 9.94. The molecule has 112 valence electrons. The number of H-pyrrole nitrogens is 1. The van der Waals surface area contributed by atoms with Gasteiger partial charge in [-0.1, -0.05) is 19.8 Å². The largest absolute Gasteiger partial charge is 0.481 e. The number of carbonyl (C=O) groups is 1. The molecule has 1 heterocycles. The molecule has 0 radical (unpaired) electrons. The standard InChI is InChI=1S/C14H23N3O3/c1-3-4-11(5-6-14(19)20)7-8-15-12-9-13(18)17-10(2)16-12/h9,11H,3-8H2,1-2H3,(H,19,20)(H2,15,16,17,18). The summed E-state index contributed by atoms with van der Waals surface area (Å²) in [6.45, 7) is 4.53. The number of nitrogens with one attached hydrogen (secondary N) is 2. The molecule has 1 unspecified atom stereocenters. The van der Waals surface area contributed by atoms with E-state index < -0.39 is 5.97 Å². The van der Waals surface area contributed by atoms with Gasteiger partial charge in [0.2, 0.25) is 0 Å². The average molecular weight is 281 g/mol. The summed E-state index contributed by atoms with van der Waals surface area (Å²) in [4.78, 5) is 28.7. The molecule has 6 nitrogen and oxygen atoms in total. The number of nitrogens with zero attached hydrogens (tertiary/aromatic N) is 1. The number of anilines is 1. The second-order valence-corrected chi connectivity index (χ2v) is 5.02. The van der Waals surface area contributed by atoms with Crippen molar-refractivity contribution in [1.29, 1.82) is 0 Å². The minimum Gasteiger partial charge on any atom is -0.481 e. The lowest BCUT2D eigenvalue weighted by Crippen LogP contribution is -2.15. The Hall–Kier alpha value is -1.85. The number of carboxylic acids is 1. The van der Waals surface area contributed by atoms with E-state index >= 15 is 0 Å². The van der Waals surface area contributed by atoms with Gasteiger partial charge in [-0.3, -0.25) is 9.59 Å². The first-order valence-corrected chi connectivity index (χ1v) is 7.05. The third kappa shape index (κ3) is 6.36. The minimum absolute atomic E-state index is 0.170. The highest BCUT2D eigenvalue weighted by atomic mass is 16.4. The third-order valence-corrected chi connectivity index (χ3v) is 3.18. The van der Waals surface area contributed by atoms with Gasteiger partial charge >= 0.3 is 5.97 Å². The van der Waals surface area contributed by atoms with E-state index in [4.69, 9.17) is 5.11 Å². The molecule has 1 atom stereocenters. The van der Waals surface area contributed by atoms with Gasteiger partial charge in [-0.05, 0) is 25.7 Å². The summed E-state index contributed by atoms with van der Waals surface area (Å²) in [5.41, 5.74) is -0.170. The Morgan fingerprint density at radius 2 is 2.20 bits per heavy atom. The minimum atomic E-state index is -0.744. The summed E-state index contributed by atoms with van der Waals surface area (Å²) >= 11 is 0. The number of hydrogen-bond acceptors (Lipinski definition) is 4. The molecular weight excluding hydrogens is 258 g/mol. The number of aromatic nitrogens is 2. The summed E-state index contributed by atoms with van der Waals surface area (Å²) in [5.74, 6) is 0.799. The molecule has 1 aromatic heterocycles. The van der Waals surface area contributed by atoms with Crippen LogP contribution < -0.4 is 10.9 Å². The van der Waals surface area contributed by atoms with Crippen LogP contribution in [0.25, 0.3) is 0 Å². The van der Waals surface area contributed by atoms with Gasteiger partial charge < -0.3 is 15.4 Å². The van der Waals surface area contributed by atoms with Gasteiger partial charge in [0.1, 0.15) is 11.6 Å². The SMILES string of the molecule is CCCC(CCNc1cc(=O)[nH]c(C)n1)CCC(=O)O. The van der Waals surface area contributed by atoms with E-state index in [-0.39, 0.29) is 12.0 Å². The van der Waals surface area contributed by atoms with Gasteiger partial charge in [0.15, 0.2) is 0 Å². The van der Waals surface area contributed by atoms with Crippen LogP contribution in [0.5, 0.6) is 0 Å². The van der Waals surface area contributed by atoms with Crippen LogP contribution in [0.2, 0.25) is 0 Å². The molecule has 1 rings (SSSR count). The van der Waals surface area contributed by atoms with E-state index in [0.717, 1.165) is 19.3 Å². The van der Waals surface area contributed by atoms with Crippen molar-refractivity contribution in [2.45, 2.75) is 46.0 Å². The van der Waals surface area contributed by atoms with Crippen LogP contribution in [0, 0.1) is 12.8 Å². The molecular formula is C14H23N3O3. The van der Waals surface area contributed by atoms with E-state index in [1.807, 2.05) is 0 Å². The van der Waals surface area contributed by atoms with Crippen molar-refractivity contribution in [1.82, 2.24) is 9.97 Å². The van der Waals surface area contributed by atoms with Crippen LogP contribution in [0.4, 0.5) is 5.82 Å². The molecule has 3 N–H and O–H groups in total. The quantitative estimate of drug-likeness (QED) is 0.644. The van der Waals surface area contributed by atoms with E-state index in [0.29, 0.717) is 30.5 Å². The summed E-state index contributed by atoms with van der Waals surface area (Å²) < 4.78 is 0. The zero-order valence-corrected chi connectivity index (χ0v) is 12.1. The van der Waals surface area contributed by atoms with Gasteiger partial charge in [-0.15, -0.1) is 0 Å². The zero-order chi connectivity index (χ0) is 15.0. The van der Waals surface area contributed by atoms with Crippen molar-refractivity contribution in [3.05, 3.63) is 22.2 Å². The Labute approximate surface area is 118 Å². The Kier molecular flexibility index (Phi) is 6.76. The molecule has 0 fully saturated rings. The van der Waals surface area contributed by atoms with Gasteiger partial charge in [-0.2, -0.15) is 0 Å². The first kappa shape index (κ1) is 16.2.